The summed E-state index contributed by atoms with van der Waals surface area (Å²) in [7, 11) is 0. The number of benzene rings is 8. The van der Waals surface area contributed by atoms with Gasteiger partial charge in [0.2, 0.25) is 0 Å². The first-order valence-electron chi connectivity index (χ1n) is 17.3. The van der Waals surface area contributed by atoms with Crippen molar-refractivity contribution in [3.05, 3.63) is 186 Å². The Morgan fingerprint density at radius 1 is 0.469 bits per heavy atom. The molecule has 1 unspecified atom stereocenters. The van der Waals surface area contributed by atoms with Gasteiger partial charge in [0.15, 0.2) is 0 Å². The summed E-state index contributed by atoms with van der Waals surface area (Å²) in [5.41, 5.74) is 12.8. The molecular formula is C49H36. The minimum atomic E-state index is 0.556. The summed E-state index contributed by atoms with van der Waals surface area (Å²) in [5, 5.41) is 7.67. The molecule has 0 heteroatoms. The van der Waals surface area contributed by atoms with Crippen LogP contribution in [0.3, 0.4) is 0 Å². The van der Waals surface area contributed by atoms with Gasteiger partial charge in [-0.2, -0.15) is 0 Å². The van der Waals surface area contributed by atoms with Gasteiger partial charge in [-0.3, -0.25) is 0 Å². The van der Waals surface area contributed by atoms with Crippen molar-refractivity contribution >= 4 is 50.5 Å². The highest BCUT2D eigenvalue weighted by Gasteiger charge is 2.19. The Hall–Kier alpha value is -5.98. The van der Waals surface area contributed by atoms with Gasteiger partial charge in [-0.25, -0.2) is 0 Å². The van der Waals surface area contributed by atoms with E-state index in [4.69, 9.17) is 0 Å². The summed E-state index contributed by atoms with van der Waals surface area (Å²) in [4.78, 5) is 0. The van der Waals surface area contributed by atoms with Crippen LogP contribution in [0.2, 0.25) is 0 Å². The van der Waals surface area contributed by atoms with Gasteiger partial charge in [0, 0.05) is 0 Å². The minimum Gasteiger partial charge on any atom is -0.0833 e. The maximum atomic E-state index is 2.40. The van der Waals surface area contributed by atoms with Crippen LogP contribution in [0.1, 0.15) is 41.5 Å². The Bertz CT molecular complexity index is 2510. The van der Waals surface area contributed by atoms with Crippen LogP contribution in [0.15, 0.2) is 164 Å². The summed E-state index contributed by atoms with van der Waals surface area (Å²) in [5.74, 6) is 0.556. The summed E-state index contributed by atoms with van der Waals surface area (Å²) >= 11 is 0. The van der Waals surface area contributed by atoms with E-state index in [0.29, 0.717) is 5.92 Å². The van der Waals surface area contributed by atoms with Crippen molar-refractivity contribution in [3.8, 4) is 33.4 Å². The van der Waals surface area contributed by atoms with Crippen molar-refractivity contribution in [1.82, 2.24) is 0 Å². The molecular weight excluding hydrogens is 589 g/mol. The van der Waals surface area contributed by atoms with E-state index in [1.54, 1.807) is 0 Å². The van der Waals surface area contributed by atoms with Gasteiger partial charge in [-0.15, -0.1) is 0 Å². The monoisotopic (exact) mass is 624 g/mol. The molecule has 0 aliphatic heterocycles. The van der Waals surface area contributed by atoms with E-state index in [-0.39, 0.29) is 0 Å². The lowest BCUT2D eigenvalue weighted by molar-refractivity contribution is 0.772. The second-order valence-corrected chi connectivity index (χ2v) is 13.3. The second kappa shape index (κ2) is 12.2. The highest BCUT2D eigenvalue weighted by Crippen LogP contribution is 2.45. The molecule has 1 aliphatic carbocycles. The standard InChI is InChI=1S/C49H36/c1-33-12-9-16-38-32-39(30-31-40(33)38)49-46-19-7-5-17-44(46)48(45-18-6-8-20-47(45)49)37-28-26-36(27-29-37)42-22-11-21-41-35(15-10-23-43(41)42)25-24-34-13-3-2-4-14-34/h2-11,13-33H,12H2,1H3/b25-24+. The first-order valence-corrected chi connectivity index (χ1v) is 17.3. The van der Waals surface area contributed by atoms with E-state index in [1.807, 2.05) is 0 Å². The molecule has 232 valence electrons. The van der Waals surface area contributed by atoms with Crippen LogP contribution in [-0.4, -0.2) is 0 Å². The van der Waals surface area contributed by atoms with E-state index in [9.17, 15) is 0 Å². The molecule has 0 fully saturated rings. The van der Waals surface area contributed by atoms with Crippen LogP contribution in [0.4, 0.5) is 0 Å². The molecule has 0 aromatic heterocycles. The Labute approximate surface area is 288 Å². The van der Waals surface area contributed by atoms with Crippen molar-refractivity contribution in [2.45, 2.75) is 19.3 Å². The van der Waals surface area contributed by atoms with Crippen LogP contribution in [0.5, 0.6) is 0 Å². The highest BCUT2D eigenvalue weighted by atomic mass is 14.2. The van der Waals surface area contributed by atoms with Crippen LogP contribution in [0.25, 0.3) is 83.9 Å². The predicted molar refractivity (Wildman–Crippen MR) is 213 cm³/mol. The molecule has 8 aromatic carbocycles. The van der Waals surface area contributed by atoms with Crippen molar-refractivity contribution < 1.29 is 0 Å². The lowest BCUT2D eigenvalue weighted by Crippen LogP contribution is -2.00. The second-order valence-electron chi connectivity index (χ2n) is 13.3. The largest absolute Gasteiger partial charge is 0.0833 e. The molecule has 0 bridgehead atoms. The van der Waals surface area contributed by atoms with Gasteiger partial charge in [0.1, 0.15) is 0 Å². The van der Waals surface area contributed by atoms with E-state index in [0.717, 1.165) is 6.42 Å². The number of fused-ring (bicyclic) bond motifs is 4. The van der Waals surface area contributed by atoms with Crippen LogP contribution in [0, 0.1) is 0 Å². The molecule has 0 heterocycles. The molecule has 0 saturated carbocycles. The lowest BCUT2D eigenvalue weighted by atomic mass is 9.83. The molecule has 0 N–H and O–H groups in total. The fourth-order valence-electron chi connectivity index (χ4n) is 7.90. The fourth-order valence-corrected chi connectivity index (χ4v) is 7.90. The summed E-state index contributed by atoms with van der Waals surface area (Å²) in [6, 6.07) is 58.0. The Morgan fingerprint density at radius 2 is 1.04 bits per heavy atom. The van der Waals surface area contributed by atoms with E-state index < -0.39 is 0 Å². The number of hydrogen-bond acceptors (Lipinski definition) is 0. The maximum absolute atomic E-state index is 2.40. The number of rotatable bonds is 5. The zero-order valence-electron chi connectivity index (χ0n) is 27.6. The van der Waals surface area contributed by atoms with Gasteiger partial charge in [-0.05, 0) is 106 Å². The SMILES string of the molecule is CC1CC=Cc2cc(-c3c4ccccc4c(-c4ccc(-c5cccc6c(/C=C/c7ccccc7)cccc56)cc4)c4ccccc34)ccc21. The molecule has 8 aromatic rings. The molecule has 0 nitrogen and oxygen atoms in total. The summed E-state index contributed by atoms with van der Waals surface area (Å²) in [6.45, 7) is 2.33. The van der Waals surface area contributed by atoms with Gasteiger partial charge < -0.3 is 0 Å². The van der Waals surface area contributed by atoms with Crippen molar-refractivity contribution in [2.75, 3.05) is 0 Å². The number of allylic oxidation sites excluding steroid dienone is 1. The average molecular weight is 625 g/mol. The lowest BCUT2D eigenvalue weighted by Gasteiger charge is -2.21. The van der Waals surface area contributed by atoms with Crippen molar-refractivity contribution in [2.24, 2.45) is 0 Å². The molecule has 1 aliphatic rings. The van der Waals surface area contributed by atoms with Crippen LogP contribution < -0.4 is 0 Å². The summed E-state index contributed by atoms with van der Waals surface area (Å²) < 4.78 is 0. The Balaban J connectivity index is 1.16. The van der Waals surface area contributed by atoms with Gasteiger partial charge in [0.05, 0.1) is 0 Å². The molecule has 0 radical (unpaired) electrons. The van der Waals surface area contributed by atoms with Crippen molar-refractivity contribution in [1.29, 1.82) is 0 Å². The fraction of sp³-hybridized carbons (Fsp3) is 0.0612. The maximum Gasteiger partial charge on any atom is -0.00262 e. The third kappa shape index (κ3) is 5.18. The molecule has 9 rings (SSSR count). The first kappa shape index (κ1) is 29.2. The summed E-state index contributed by atoms with van der Waals surface area (Å²) in [6.07, 6.45) is 10.2. The topological polar surface area (TPSA) is 0 Å². The van der Waals surface area contributed by atoms with Gasteiger partial charge in [-0.1, -0.05) is 183 Å². The van der Waals surface area contributed by atoms with Crippen LogP contribution >= 0.6 is 0 Å². The third-order valence-electron chi connectivity index (χ3n) is 10.3. The Kier molecular flexibility index (Phi) is 7.29. The molecule has 0 spiro atoms. The molecule has 1 atom stereocenters. The molecule has 0 saturated heterocycles. The zero-order valence-corrected chi connectivity index (χ0v) is 27.6. The Morgan fingerprint density at radius 3 is 1.76 bits per heavy atom. The number of hydrogen-bond donors (Lipinski definition) is 0. The van der Waals surface area contributed by atoms with Gasteiger partial charge >= 0.3 is 0 Å². The third-order valence-corrected chi connectivity index (χ3v) is 10.3. The van der Waals surface area contributed by atoms with Crippen LogP contribution in [-0.2, 0) is 0 Å². The first-order chi connectivity index (χ1) is 24.2. The average Bonchev–Trinajstić information content (AvgIpc) is 3.16. The highest BCUT2D eigenvalue weighted by molar-refractivity contribution is 6.21. The predicted octanol–water partition coefficient (Wildman–Crippen LogP) is 13.8. The quantitative estimate of drug-likeness (QED) is 0.132. The van der Waals surface area contributed by atoms with Gasteiger partial charge in [0.25, 0.3) is 0 Å². The van der Waals surface area contributed by atoms with Crippen molar-refractivity contribution in [3.63, 3.8) is 0 Å². The smallest absolute Gasteiger partial charge is 0.00262 e. The molecule has 49 heavy (non-hydrogen) atoms. The van der Waals surface area contributed by atoms with E-state index in [1.165, 1.54) is 88.0 Å². The van der Waals surface area contributed by atoms with E-state index in [2.05, 4.69) is 189 Å². The zero-order chi connectivity index (χ0) is 32.7. The van der Waals surface area contributed by atoms with E-state index >= 15 is 0 Å². The minimum absolute atomic E-state index is 0.556. The molecule has 0 amide bonds. The normalized spacial score (nSPS) is 14.2.